The third-order valence-corrected chi connectivity index (χ3v) is 3.73. The molecule has 0 aliphatic heterocycles. The van der Waals surface area contributed by atoms with E-state index in [0.717, 1.165) is 12.8 Å². The molecule has 0 radical (unpaired) electrons. The van der Waals surface area contributed by atoms with Crippen molar-refractivity contribution in [1.82, 2.24) is 5.32 Å². The van der Waals surface area contributed by atoms with Crippen molar-refractivity contribution in [2.45, 2.75) is 26.2 Å². The minimum absolute atomic E-state index is 0.0787. The maximum absolute atomic E-state index is 13.0. The Morgan fingerprint density at radius 3 is 2.85 bits per heavy atom. The van der Waals surface area contributed by atoms with Gasteiger partial charge in [-0.15, -0.1) is 0 Å². The number of nitrogens with one attached hydrogen (secondary N) is 2. The van der Waals surface area contributed by atoms with Crippen LogP contribution in [0.25, 0.3) is 0 Å². The van der Waals surface area contributed by atoms with Gasteiger partial charge in [0.05, 0.1) is 6.61 Å². The molecule has 1 fully saturated rings. The van der Waals surface area contributed by atoms with E-state index in [-0.39, 0.29) is 17.3 Å². The quantitative estimate of drug-likeness (QED) is 0.841. The monoisotopic (exact) mass is 280 g/mol. The average molecular weight is 280 g/mol. The van der Waals surface area contributed by atoms with Gasteiger partial charge in [-0.3, -0.25) is 0 Å². The molecule has 2 amide bonds. The minimum atomic E-state index is -0.366. The number of ether oxygens (including phenoxy) is 1. The Bertz CT molecular complexity index is 461. The van der Waals surface area contributed by atoms with Crippen LogP contribution in [0.4, 0.5) is 14.9 Å². The Labute approximate surface area is 118 Å². The molecule has 1 aromatic rings. The highest BCUT2D eigenvalue weighted by atomic mass is 19.1. The summed E-state index contributed by atoms with van der Waals surface area (Å²) in [5.74, 6) is -0.366. The predicted molar refractivity (Wildman–Crippen MR) is 76.2 cm³/mol. The Morgan fingerprint density at radius 2 is 2.25 bits per heavy atom. The Balaban J connectivity index is 1.79. The van der Waals surface area contributed by atoms with Crippen LogP contribution in [0.2, 0.25) is 0 Å². The maximum atomic E-state index is 13.0. The van der Waals surface area contributed by atoms with Gasteiger partial charge in [-0.2, -0.15) is 0 Å². The topological polar surface area (TPSA) is 50.4 Å². The molecule has 2 rings (SSSR count). The summed E-state index contributed by atoms with van der Waals surface area (Å²) in [7, 11) is 0. The van der Waals surface area contributed by atoms with Gasteiger partial charge in [-0.1, -0.05) is 12.5 Å². The van der Waals surface area contributed by atoms with E-state index in [2.05, 4.69) is 10.6 Å². The van der Waals surface area contributed by atoms with Crippen molar-refractivity contribution in [2.24, 2.45) is 5.41 Å². The van der Waals surface area contributed by atoms with Crippen LogP contribution in [0.5, 0.6) is 0 Å². The number of hydrogen-bond acceptors (Lipinski definition) is 2. The lowest BCUT2D eigenvalue weighted by Crippen LogP contribution is -2.46. The van der Waals surface area contributed by atoms with Gasteiger partial charge in [0.25, 0.3) is 0 Å². The summed E-state index contributed by atoms with van der Waals surface area (Å²) in [6.45, 7) is 3.94. The molecular weight excluding hydrogens is 259 g/mol. The van der Waals surface area contributed by atoms with E-state index in [4.69, 9.17) is 4.74 Å². The minimum Gasteiger partial charge on any atom is -0.381 e. The molecular formula is C15H21FN2O2. The number of benzene rings is 1. The normalized spacial score (nSPS) is 16.3. The number of rotatable bonds is 6. The number of halogens is 1. The molecule has 0 aromatic heterocycles. The molecule has 110 valence electrons. The van der Waals surface area contributed by atoms with Gasteiger partial charge in [-0.25, -0.2) is 9.18 Å². The fourth-order valence-corrected chi connectivity index (χ4v) is 2.38. The van der Waals surface area contributed by atoms with E-state index in [0.29, 0.717) is 25.4 Å². The van der Waals surface area contributed by atoms with Crippen LogP contribution in [0, 0.1) is 11.2 Å². The van der Waals surface area contributed by atoms with Gasteiger partial charge in [-0.05, 0) is 38.0 Å². The molecule has 1 aliphatic carbocycles. The molecule has 0 spiro atoms. The van der Waals surface area contributed by atoms with Crippen molar-refractivity contribution >= 4 is 11.7 Å². The zero-order valence-electron chi connectivity index (χ0n) is 11.7. The van der Waals surface area contributed by atoms with Crippen molar-refractivity contribution in [3.63, 3.8) is 0 Å². The van der Waals surface area contributed by atoms with E-state index < -0.39 is 0 Å². The Hall–Kier alpha value is -1.62. The first kappa shape index (κ1) is 14.8. The summed E-state index contributed by atoms with van der Waals surface area (Å²) in [6, 6.07) is 5.54. The van der Waals surface area contributed by atoms with Crippen LogP contribution < -0.4 is 10.6 Å². The van der Waals surface area contributed by atoms with E-state index in [1.165, 1.54) is 18.6 Å². The second kappa shape index (κ2) is 6.70. The van der Waals surface area contributed by atoms with Crippen molar-refractivity contribution in [3.8, 4) is 0 Å². The lowest BCUT2D eigenvalue weighted by Gasteiger charge is -2.41. The highest BCUT2D eigenvalue weighted by Gasteiger charge is 2.37. The molecule has 4 nitrogen and oxygen atoms in total. The highest BCUT2D eigenvalue weighted by Crippen LogP contribution is 2.40. The fraction of sp³-hybridized carbons (Fsp3) is 0.533. The second-order valence-corrected chi connectivity index (χ2v) is 5.31. The lowest BCUT2D eigenvalue weighted by atomic mass is 9.69. The summed E-state index contributed by atoms with van der Waals surface area (Å²) in [5, 5.41) is 5.48. The van der Waals surface area contributed by atoms with Crippen LogP contribution >= 0.6 is 0 Å². The van der Waals surface area contributed by atoms with Gasteiger partial charge >= 0.3 is 6.03 Å². The SMILES string of the molecule is CCOCC1(CNC(=O)Nc2cccc(F)c2)CCC1. The number of carbonyl (C=O) groups excluding carboxylic acids is 1. The maximum Gasteiger partial charge on any atom is 0.319 e. The molecule has 1 aliphatic rings. The molecule has 0 atom stereocenters. The van der Waals surface area contributed by atoms with Gasteiger partial charge in [0.1, 0.15) is 5.82 Å². The highest BCUT2D eigenvalue weighted by molar-refractivity contribution is 5.89. The van der Waals surface area contributed by atoms with Crippen LogP contribution in [-0.2, 0) is 4.74 Å². The molecule has 1 aromatic carbocycles. The van der Waals surface area contributed by atoms with E-state index in [1.807, 2.05) is 6.92 Å². The van der Waals surface area contributed by atoms with Crippen LogP contribution in [-0.4, -0.2) is 25.8 Å². The van der Waals surface area contributed by atoms with Crippen LogP contribution in [0.15, 0.2) is 24.3 Å². The molecule has 0 bridgehead atoms. The zero-order valence-corrected chi connectivity index (χ0v) is 11.7. The summed E-state index contributed by atoms with van der Waals surface area (Å²) < 4.78 is 18.5. The number of amides is 2. The molecule has 20 heavy (non-hydrogen) atoms. The van der Waals surface area contributed by atoms with Gasteiger partial charge in [0.2, 0.25) is 0 Å². The third-order valence-electron chi connectivity index (χ3n) is 3.73. The van der Waals surface area contributed by atoms with E-state index >= 15 is 0 Å². The number of urea groups is 1. The molecule has 2 N–H and O–H groups in total. The van der Waals surface area contributed by atoms with Gasteiger partial charge < -0.3 is 15.4 Å². The third kappa shape index (κ3) is 3.93. The van der Waals surface area contributed by atoms with Crippen molar-refractivity contribution in [1.29, 1.82) is 0 Å². The second-order valence-electron chi connectivity index (χ2n) is 5.31. The number of anilines is 1. The average Bonchev–Trinajstić information content (AvgIpc) is 2.37. The molecule has 5 heteroatoms. The summed E-state index contributed by atoms with van der Waals surface area (Å²) in [5.41, 5.74) is 0.532. The smallest absolute Gasteiger partial charge is 0.319 e. The largest absolute Gasteiger partial charge is 0.381 e. The molecule has 0 saturated heterocycles. The van der Waals surface area contributed by atoms with Gasteiger partial charge in [0.15, 0.2) is 0 Å². The zero-order chi connectivity index (χ0) is 14.4. The van der Waals surface area contributed by atoms with Crippen LogP contribution in [0.1, 0.15) is 26.2 Å². The van der Waals surface area contributed by atoms with Crippen molar-refractivity contribution in [3.05, 3.63) is 30.1 Å². The fourth-order valence-electron chi connectivity index (χ4n) is 2.38. The molecule has 1 saturated carbocycles. The van der Waals surface area contributed by atoms with Crippen molar-refractivity contribution < 1.29 is 13.9 Å². The van der Waals surface area contributed by atoms with E-state index in [1.54, 1.807) is 12.1 Å². The standard InChI is InChI=1S/C15H21FN2O2/c1-2-20-11-15(7-4-8-15)10-17-14(19)18-13-6-3-5-12(16)9-13/h3,5-6,9H,2,4,7-8,10-11H2,1H3,(H2,17,18,19). The Kier molecular flexibility index (Phi) is 4.95. The summed E-state index contributed by atoms with van der Waals surface area (Å²) >= 11 is 0. The van der Waals surface area contributed by atoms with E-state index in [9.17, 15) is 9.18 Å². The first-order valence-electron chi connectivity index (χ1n) is 7.02. The number of hydrogen-bond donors (Lipinski definition) is 2. The van der Waals surface area contributed by atoms with Crippen molar-refractivity contribution in [2.75, 3.05) is 25.1 Å². The number of carbonyl (C=O) groups is 1. The molecule has 0 unspecified atom stereocenters. The lowest BCUT2D eigenvalue weighted by molar-refractivity contribution is 0.00132. The Morgan fingerprint density at radius 1 is 1.45 bits per heavy atom. The molecule has 0 heterocycles. The van der Waals surface area contributed by atoms with Crippen LogP contribution in [0.3, 0.4) is 0 Å². The predicted octanol–water partition coefficient (Wildman–Crippen LogP) is 3.15. The summed E-state index contributed by atoms with van der Waals surface area (Å²) in [6.07, 6.45) is 3.33. The first-order chi connectivity index (χ1) is 9.63. The van der Waals surface area contributed by atoms with Gasteiger partial charge in [0, 0.05) is 24.3 Å². The first-order valence-corrected chi connectivity index (χ1v) is 7.02. The summed E-state index contributed by atoms with van der Waals surface area (Å²) in [4.78, 5) is 11.8.